The van der Waals surface area contributed by atoms with Crippen LogP contribution in [0.15, 0.2) is 0 Å². The molecule has 0 saturated carbocycles. The highest BCUT2D eigenvalue weighted by atomic mass is 32.2. The molecule has 0 aromatic carbocycles. The summed E-state index contributed by atoms with van der Waals surface area (Å²) in [6.07, 6.45) is 3.49. The van der Waals surface area contributed by atoms with Gasteiger partial charge in [-0.25, -0.2) is 0 Å². The molecule has 30 heavy (non-hydrogen) atoms. The smallest absolute Gasteiger partial charge is 0.255 e. The Bertz CT molecular complexity index is 390. The third-order valence-electron chi connectivity index (χ3n) is 2.95. The highest BCUT2D eigenvalue weighted by molar-refractivity contribution is 7.99. The summed E-state index contributed by atoms with van der Waals surface area (Å²) in [6.45, 7) is 16.0. The van der Waals surface area contributed by atoms with E-state index in [2.05, 4.69) is 10.6 Å². The molecule has 7 nitrogen and oxygen atoms in total. The Morgan fingerprint density at radius 1 is 0.733 bits per heavy atom. The highest BCUT2D eigenvalue weighted by Gasteiger charge is 2.26. The molecule has 0 aromatic rings. The zero-order valence-corrected chi connectivity index (χ0v) is 21.4. The van der Waals surface area contributed by atoms with Crippen molar-refractivity contribution in [2.24, 2.45) is 0 Å². The van der Waals surface area contributed by atoms with E-state index < -0.39 is 6.10 Å². The van der Waals surface area contributed by atoms with E-state index in [0.717, 1.165) is 0 Å². The molecule has 6 radical (unpaired) electrons. The summed E-state index contributed by atoms with van der Waals surface area (Å²) >= 11 is 1.49. The first kappa shape index (κ1) is 42.8. The first-order valence-corrected chi connectivity index (χ1v) is 11.5. The molecule has 2 N–H and O–H groups in total. The molecule has 10 heteroatoms. The number of amides is 4. The van der Waals surface area contributed by atoms with Gasteiger partial charge in [0.1, 0.15) is 6.10 Å². The molecule has 2 heterocycles. The van der Waals surface area contributed by atoms with Gasteiger partial charge >= 0.3 is 0 Å². The zero-order chi connectivity index (χ0) is 23.1. The lowest BCUT2D eigenvalue weighted by molar-refractivity contribution is -0.141. The standard InChI is InChI=1S/C6H9NO3.C6H9NO2S.4C2H6.2B/c2*1-10-4-2-3-5(8)7-6(4)9;4*1-2;;/h2*4H,2-3H2,1H3,(H,7,8,9);4*1-2H3;;. The fourth-order valence-electron chi connectivity index (χ4n) is 1.80. The Morgan fingerprint density at radius 3 is 1.40 bits per heavy atom. The molecule has 0 spiro atoms. The summed E-state index contributed by atoms with van der Waals surface area (Å²) in [6, 6.07) is 0. The van der Waals surface area contributed by atoms with Gasteiger partial charge in [-0.15, -0.1) is 0 Å². The third kappa shape index (κ3) is 21.4. The van der Waals surface area contributed by atoms with Crippen molar-refractivity contribution in [1.82, 2.24) is 10.6 Å². The van der Waals surface area contributed by atoms with Gasteiger partial charge in [0.2, 0.25) is 17.7 Å². The van der Waals surface area contributed by atoms with Crippen LogP contribution in [0.2, 0.25) is 0 Å². The van der Waals surface area contributed by atoms with Gasteiger partial charge in [-0.1, -0.05) is 55.4 Å². The van der Waals surface area contributed by atoms with Crippen molar-refractivity contribution in [2.45, 2.75) is 92.4 Å². The third-order valence-corrected chi connectivity index (χ3v) is 3.97. The fraction of sp³-hybridized carbons (Fsp3) is 0.800. The van der Waals surface area contributed by atoms with E-state index >= 15 is 0 Å². The Hall–Kier alpha value is -1.28. The minimum atomic E-state index is -0.433. The van der Waals surface area contributed by atoms with E-state index in [0.29, 0.717) is 25.7 Å². The van der Waals surface area contributed by atoms with Gasteiger partial charge in [0.25, 0.3) is 5.91 Å². The minimum Gasteiger partial charge on any atom is -0.372 e. The molecule has 2 saturated heterocycles. The number of ether oxygens (including phenoxy) is 1. The maximum Gasteiger partial charge on any atom is 0.255 e. The number of carbonyl (C=O) groups excluding carboxylic acids is 4. The van der Waals surface area contributed by atoms with Crippen molar-refractivity contribution in [3.63, 3.8) is 0 Å². The topological polar surface area (TPSA) is 102 Å². The molecule has 2 aliphatic heterocycles. The van der Waals surface area contributed by atoms with Gasteiger partial charge < -0.3 is 4.74 Å². The number of carbonyl (C=O) groups is 4. The number of thioether (sulfide) groups is 1. The Labute approximate surface area is 192 Å². The first-order chi connectivity index (χ1) is 13.5. The van der Waals surface area contributed by atoms with Gasteiger partial charge in [-0.2, -0.15) is 11.8 Å². The molecule has 2 atom stereocenters. The molecule has 2 fully saturated rings. The van der Waals surface area contributed by atoms with Crippen molar-refractivity contribution in [3.8, 4) is 0 Å². The van der Waals surface area contributed by atoms with Crippen LogP contribution >= 0.6 is 11.8 Å². The second-order valence-electron chi connectivity index (χ2n) is 4.35. The van der Waals surface area contributed by atoms with E-state index in [1.165, 1.54) is 18.9 Å². The average Bonchev–Trinajstić information content (AvgIpc) is 2.75. The fourth-order valence-corrected chi connectivity index (χ4v) is 2.42. The number of hydrogen-bond donors (Lipinski definition) is 2. The molecule has 2 aliphatic rings. The lowest BCUT2D eigenvalue weighted by atomic mass is 10.1. The molecule has 0 aromatic heterocycles. The van der Waals surface area contributed by atoms with E-state index in [9.17, 15) is 19.2 Å². The van der Waals surface area contributed by atoms with Crippen molar-refractivity contribution in [2.75, 3.05) is 13.4 Å². The van der Waals surface area contributed by atoms with Gasteiger partial charge in [-0.05, 0) is 19.1 Å². The van der Waals surface area contributed by atoms with Crippen molar-refractivity contribution >= 4 is 52.2 Å². The van der Waals surface area contributed by atoms with Gasteiger partial charge in [0, 0.05) is 36.8 Å². The van der Waals surface area contributed by atoms with Crippen LogP contribution in [0, 0.1) is 0 Å². The molecule has 0 aliphatic carbocycles. The predicted molar refractivity (Wildman–Crippen MR) is 130 cm³/mol. The van der Waals surface area contributed by atoms with Gasteiger partial charge in [-0.3, -0.25) is 29.8 Å². The van der Waals surface area contributed by atoms with Crippen LogP contribution in [0.25, 0.3) is 0 Å². The Morgan fingerprint density at radius 2 is 1.10 bits per heavy atom. The highest BCUT2D eigenvalue weighted by Crippen LogP contribution is 2.16. The first-order valence-electron chi connectivity index (χ1n) is 10.2. The lowest BCUT2D eigenvalue weighted by Gasteiger charge is -2.18. The summed E-state index contributed by atoms with van der Waals surface area (Å²) < 4.78 is 4.79. The van der Waals surface area contributed by atoms with Crippen molar-refractivity contribution in [3.05, 3.63) is 0 Å². The number of nitrogens with one attached hydrogen (secondary N) is 2. The number of rotatable bonds is 2. The zero-order valence-electron chi connectivity index (χ0n) is 20.6. The predicted octanol–water partition coefficient (Wildman–Crippen LogP) is 2.94. The van der Waals surface area contributed by atoms with Gasteiger partial charge in [0.15, 0.2) is 0 Å². The van der Waals surface area contributed by atoms with Crippen molar-refractivity contribution in [1.29, 1.82) is 0 Å². The van der Waals surface area contributed by atoms with E-state index in [1.54, 1.807) is 0 Å². The van der Waals surface area contributed by atoms with E-state index in [-0.39, 0.29) is 45.7 Å². The average molecular weight is 444 g/mol. The normalized spacial score (nSPS) is 18.3. The minimum absolute atomic E-state index is 0. The molecule has 2 unspecified atom stereocenters. The molecular weight excluding hydrogens is 402 g/mol. The van der Waals surface area contributed by atoms with Crippen LogP contribution in [0.5, 0.6) is 0 Å². The Kier molecular flexibility index (Phi) is 46.2. The summed E-state index contributed by atoms with van der Waals surface area (Å²) in [5.41, 5.74) is 0. The lowest BCUT2D eigenvalue weighted by Crippen LogP contribution is -2.44. The van der Waals surface area contributed by atoms with Crippen LogP contribution in [0.4, 0.5) is 0 Å². The molecule has 0 bridgehead atoms. The number of imide groups is 2. The van der Waals surface area contributed by atoms with Crippen LogP contribution in [0.1, 0.15) is 81.1 Å². The Balaban J connectivity index is -0.0000000686. The van der Waals surface area contributed by atoms with Crippen LogP contribution in [0.3, 0.4) is 0 Å². The quantitative estimate of drug-likeness (QED) is 0.502. The number of piperidine rings is 2. The summed E-state index contributed by atoms with van der Waals surface area (Å²) in [5, 5.41) is 4.44. The van der Waals surface area contributed by atoms with Gasteiger partial charge in [0.05, 0.1) is 5.25 Å². The second kappa shape index (κ2) is 32.4. The molecule has 174 valence electrons. The van der Waals surface area contributed by atoms with E-state index in [1.807, 2.05) is 61.6 Å². The monoisotopic (exact) mass is 444 g/mol. The summed E-state index contributed by atoms with van der Waals surface area (Å²) in [5.74, 6) is -0.809. The number of methoxy groups -OCH3 is 1. The molecule has 4 amide bonds. The molecular formula is C20H42B2N2O5S. The maximum absolute atomic E-state index is 10.9. The maximum atomic E-state index is 10.9. The SMILES string of the molecule is CC.CC.CC.CC.COC1CCC(=O)NC1=O.CSC1CCC(=O)NC1=O.[B].[B]. The second-order valence-corrected chi connectivity index (χ2v) is 5.39. The van der Waals surface area contributed by atoms with Crippen LogP contribution in [-0.4, -0.2) is 65.2 Å². The number of hydrogen-bond acceptors (Lipinski definition) is 6. The van der Waals surface area contributed by atoms with Crippen LogP contribution < -0.4 is 10.6 Å². The van der Waals surface area contributed by atoms with Crippen LogP contribution in [-0.2, 0) is 23.9 Å². The van der Waals surface area contributed by atoms with E-state index in [4.69, 9.17) is 4.74 Å². The summed E-state index contributed by atoms with van der Waals surface area (Å²) in [4.78, 5) is 42.8. The summed E-state index contributed by atoms with van der Waals surface area (Å²) in [7, 11) is 1.46. The molecule has 2 rings (SSSR count). The van der Waals surface area contributed by atoms with Crippen molar-refractivity contribution < 1.29 is 23.9 Å². The largest absolute Gasteiger partial charge is 0.372 e.